The molecule has 1 amide bonds. The Hall–Kier alpha value is -4.06. The minimum absolute atomic E-state index is 0.149. The number of hydrogen-bond acceptors (Lipinski definition) is 5. The van der Waals surface area contributed by atoms with Crippen LogP contribution in [0, 0.1) is 0 Å². The van der Waals surface area contributed by atoms with E-state index in [4.69, 9.17) is 0 Å². The summed E-state index contributed by atoms with van der Waals surface area (Å²) in [6.07, 6.45) is 6.63. The maximum Gasteiger partial charge on any atom is 0.261 e. The van der Waals surface area contributed by atoms with Crippen LogP contribution in [0.2, 0.25) is 0 Å². The molecule has 30 heavy (non-hydrogen) atoms. The first-order valence-electron chi connectivity index (χ1n) is 9.65. The van der Waals surface area contributed by atoms with Crippen LogP contribution in [0.15, 0.2) is 97.6 Å². The highest BCUT2D eigenvalue weighted by Gasteiger charge is 2.19. The van der Waals surface area contributed by atoms with Gasteiger partial charge < -0.3 is 10.2 Å². The SMILES string of the molecule is O=C(c1cnc(NCc2cccnc2)nc1)N(Cc1ccccc1)c1ccccc1. The quantitative estimate of drug-likeness (QED) is 0.504. The number of nitrogens with zero attached hydrogens (tertiary/aromatic N) is 4. The van der Waals surface area contributed by atoms with E-state index in [2.05, 4.69) is 20.3 Å². The average Bonchev–Trinajstić information content (AvgIpc) is 2.83. The number of pyridine rings is 1. The van der Waals surface area contributed by atoms with Crippen LogP contribution in [0.1, 0.15) is 21.5 Å². The fourth-order valence-corrected chi connectivity index (χ4v) is 3.02. The number of benzene rings is 2. The van der Waals surface area contributed by atoms with Crippen LogP contribution >= 0.6 is 0 Å². The molecule has 4 rings (SSSR count). The van der Waals surface area contributed by atoms with Gasteiger partial charge in [0.05, 0.1) is 12.1 Å². The van der Waals surface area contributed by atoms with Gasteiger partial charge in [-0.1, -0.05) is 54.6 Å². The summed E-state index contributed by atoms with van der Waals surface area (Å²) in [6, 6.07) is 23.4. The zero-order valence-corrected chi connectivity index (χ0v) is 16.3. The van der Waals surface area contributed by atoms with Gasteiger partial charge in [0.2, 0.25) is 5.95 Å². The first-order valence-corrected chi connectivity index (χ1v) is 9.65. The summed E-state index contributed by atoms with van der Waals surface area (Å²) in [4.78, 5) is 27.7. The molecule has 0 spiro atoms. The van der Waals surface area contributed by atoms with Gasteiger partial charge in [0.25, 0.3) is 5.91 Å². The van der Waals surface area contributed by atoms with E-state index in [9.17, 15) is 4.79 Å². The van der Waals surface area contributed by atoms with Gasteiger partial charge in [-0.3, -0.25) is 9.78 Å². The van der Waals surface area contributed by atoms with E-state index in [0.717, 1.165) is 16.8 Å². The van der Waals surface area contributed by atoms with Crippen molar-refractivity contribution in [1.29, 1.82) is 0 Å². The van der Waals surface area contributed by atoms with E-state index in [1.165, 1.54) is 0 Å². The molecule has 0 fully saturated rings. The molecule has 1 N–H and O–H groups in total. The first-order chi connectivity index (χ1) is 14.8. The molecule has 0 atom stereocenters. The van der Waals surface area contributed by atoms with Crippen molar-refractivity contribution in [1.82, 2.24) is 15.0 Å². The number of carbonyl (C=O) groups is 1. The number of rotatable bonds is 7. The molecule has 0 saturated carbocycles. The minimum Gasteiger partial charge on any atom is -0.350 e. The maximum absolute atomic E-state index is 13.3. The molecule has 2 aromatic carbocycles. The van der Waals surface area contributed by atoms with Gasteiger partial charge in [-0.25, -0.2) is 9.97 Å². The van der Waals surface area contributed by atoms with E-state index < -0.39 is 0 Å². The Balaban J connectivity index is 1.51. The molecule has 148 valence electrons. The largest absolute Gasteiger partial charge is 0.350 e. The monoisotopic (exact) mass is 395 g/mol. The van der Waals surface area contributed by atoms with Crippen LogP contribution in [0.4, 0.5) is 11.6 Å². The summed E-state index contributed by atoms with van der Waals surface area (Å²) in [6.45, 7) is 1.02. The van der Waals surface area contributed by atoms with Gasteiger partial charge in [0.15, 0.2) is 0 Å². The van der Waals surface area contributed by atoms with E-state index >= 15 is 0 Å². The van der Waals surface area contributed by atoms with Gasteiger partial charge in [0.1, 0.15) is 0 Å². The molecule has 4 aromatic rings. The predicted molar refractivity (Wildman–Crippen MR) is 117 cm³/mol. The highest BCUT2D eigenvalue weighted by atomic mass is 16.2. The lowest BCUT2D eigenvalue weighted by atomic mass is 10.1. The van der Waals surface area contributed by atoms with Gasteiger partial charge in [-0.05, 0) is 29.3 Å². The highest BCUT2D eigenvalue weighted by molar-refractivity contribution is 6.05. The second kappa shape index (κ2) is 9.43. The van der Waals surface area contributed by atoms with Crippen molar-refractivity contribution in [2.24, 2.45) is 0 Å². The summed E-state index contributed by atoms with van der Waals surface area (Å²) in [5, 5.41) is 3.14. The van der Waals surface area contributed by atoms with Crippen molar-refractivity contribution in [3.8, 4) is 0 Å². The lowest BCUT2D eigenvalue weighted by Crippen LogP contribution is -2.30. The zero-order valence-electron chi connectivity index (χ0n) is 16.3. The molecular formula is C24H21N5O. The molecule has 2 heterocycles. The van der Waals surface area contributed by atoms with Gasteiger partial charge >= 0.3 is 0 Å². The molecule has 0 aliphatic rings. The average molecular weight is 395 g/mol. The molecule has 0 aliphatic carbocycles. The smallest absolute Gasteiger partial charge is 0.261 e. The number of carbonyl (C=O) groups excluding carboxylic acids is 1. The maximum atomic E-state index is 13.3. The second-order valence-corrected chi connectivity index (χ2v) is 6.72. The third-order valence-electron chi connectivity index (χ3n) is 4.57. The van der Waals surface area contributed by atoms with Crippen molar-refractivity contribution >= 4 is 17.5 Å². The van der Waals surface area contributed by atoms with E-state index in [1.54, 1.807) is 29.7 Å². The molecule has 2 aromatic heterocycles. The Labute approximate surface area is 175 Å². The topological polar surface area (TPSA) is 71.0 Å². The summed E-state index contributed by atoms with van der Waals surface area (Å²) < 4.78 is 0. The first kappa shape index (κ1) is 19.3. The highest BCUT2D eigenvalue weighted by Crippen LogP contribution is 2.20. The predicted octanol–water partition coefficient (Wildman–Crippen LogP) is 4.33. The zero-order chi connectivity index (χ0) is 20.6. The van der Waals surface area contributed by atoms with Crippen molar-refractivity contribution < 1.29 is 4.79 Å². The molecule has 0 aliphatic heterocycles. The number of aromatic nitrogens is 3. The lowest BCUT2D eigenvalue weighted by Gasteiger charge is -2.23. The van der Waals surface area contributed by atoms with Crippen molar-refractivity contribution in [2.75, 3.05) is 10.2 Å². The molecule has 0 radical (unpaired) electrons. The second-order valence-electron chi connectivity index (χ2n) is 6.72. The Morgan fingerprint density at radius 2 is 1.47 bits per heavy atom. The molecule has 6 heteroatoms. The molecule has 0 unspecified atom stereocenters. The third-order valence-corrected chi connectivity index (χ3v) is 4.57. The van der Waals surface area contributed by atoms with Crippen molar-refractivity contribution in [3.63, 3.8) is 0 Å². The van der Waals surface area contributed by atoms with Crippen LogP contribution in [-0.4, -0.2) is 20.9 Å². The van der Waals surface area contributed by atoms with E-state index in [-0.39, 0.29) is 5.91 Å². The lowest BCUT2D eigenvalue weighted by molar-refractivity contribution is 0.0984. The molecular weight excluding hydrogens is 374 g/mol. The molecule has 6 nitrogen and oxygen atoms in total. The van der Waals surface area contributed by atoms with E-state index in [0.29, 0.717) is 24.6 Å². The normalized spacial score (nSPS) is 10.4. The van der Waals surface area contributed by atoms with Crippen LogP contribution < -0.4 is 10.2 Å². The van der Waals surface area contributed by atoms with Gasteiger partial charge in [-0.15, -0.1) is 0 Å². The fraction of sp³-hybridized carbons (Fsp3) is 0.0833. The van der Waals surface area contributed by atoms with Crippen molar-refractivity contribution in [2.45, 2.75) is 13.1 Å². The summed E-state index contributed by atoms with van der Waals surface area (Å²) >= 11 is 0. The third kappa shape index (κ3) is 4.86. The summed E-state index contributed by atoms with van der Waals surface area (Å²) in [7, 11) is 0. The number of amides is 1. The number of hydrogen-bond donors (Lipinski definition) is 1. The Morgan fingerprint density at radius 3 is 2.13 bits per heavy atom. The van der Waals surface area contributed by atoms with Crippen molar-refractivity contribution in [3.05, 3.63) is 114 Å². The summed E-state index contributed by atoms with van der Waals surface area (Å²) in [5.41, 5.74) is 3.33. The Morgan fingerprint density at radius 1 is 0.800 bits per heavy atom. The van der Waals surface area contributed by atoms with Gasteiger partial charge in [0, 0.05) is 37.0 Å². The Bertz CT molecular complexity index is 1070. The molecule has 0 saturated heterocycles. The minimum atomic E-state index is -0.149. The van der Waals surface area contributed by atoms with E-state index in [1.807, 2.05) is 72.8 Å². The Kier molecular flexibility index (Phi) is 6.05. The summed E-state index contributed by atoms with van der Waals surface area (Å²) in [5.74, 6) is 0.314. The number of nitrogens with one attached hydrogen (secondary N) is 1. The fourth-order valence-electron chi connectivity index (χ4n) is 3.02. The number of anilines is 2. The van der Waals surface area contributed by atoms with Crippen LogP contribution in [-0.2, 0) is 13.1 Å². The van der Waals surface area contributed by atoms with Crippen LogP contribution in [0.5, 0.6) is 0 Å². The van der Waals surface area contributed by atoms with Crippen LogP contribution in [0.3, 0.4) is 0 Å². The number of para-hydroxylation sites is 1. The van der Waals surface area contributed by atoms with Gasteiger partial charge in [-0.2, -0.15) is 0 Å². The van der Waals surface area contributed by atoms with Crippen LogP contribution in [0.25, 0.3) is 0 Å². The molecule has 0 bridgehead atoms. The standard InChI is InChI=1S/C24H21N5O/c30-23(21-16-27-24(28-17-21)26-15-20-10-7-13-25-14-20)29(22-11-5-2-6-12-22)18-19-8-3-1-4-9-19/h1-14,16-17H,15,18H2,(H,26,27,28).